The van der Waals surface area contributed by atoms with E-state index < -0.39 is 17.5 Å². The third-order valence-electron chi connectivity index (χ3n) is 4.58. The number of rotatable bonds is 4. The molecule has 5 nitrogen and oxygen atoms in total. The molecule has 0 unspecified atom stereocenters. The molecule has 0 amide bonds. The third-order valence-corrected chi connectivity index (χ3v) is 4.58. The van der Waals surface area contributed by atoms with Crippen LogP contribution in [0.3, 0.4) is 0 Å². The predicted octanol–water partition coefficient (Wildman–Crippen LogP) is 3.03. The molecule has 1 fully saturated rings. The van der Waals surface area contributed by atoms with Crippen molar-refractivity contribution in [2.75, 3.05) is 13.1 Å². The van der Waals surface area contributed by atoms with Gasteiger partial charge in [0.2, 0.25) is 0 Å². The molecule has 2 rings (SSSR count). The molecule has 0 aromatic rings. The van der Waals surface area contributed by atoms with Crippen LogP contribution >= 0.6 is 0 Å². The summed E-state index contributed by atoms with van der Waals surface area (Å²) in [6.07, 6.45) is 4.34. The van der Waals surface area contributed by atoms with E-state index >= 15 is 0 Å². The minimum atomic E-state index is -1.34. The van der Waals surface area contributed by atoms with Crippen molar-refractivity contribution in [1.82, 2.24) is 4.90 Å². The molecule has 5 heteroatoms. The predicted molar refractivity (Wildman–Crippen MR) is 83.4 cm³/mol. The molecule has 0 aromatic carbocycles. The van der Waals surface area contributed by atoms with Gasteiger partial charge in [0.15, 0.2) is 0 Å². The van der Waals surface area contributed by atoms with Gasteiger partial charge < -0.3 is 15.1 Å². The van der Waals surface area contributed by atoms with Crippen molar-refractivity contribution >= 4 is 11.9 Å². The lowest BCUT2D eigenvalue weighted by molar-refractivity contribution is -0.140. The molecule has 0 bridgehead atoms. The van der Waals surface area contributed by atoms with Gasteiger partial charge in [-0.1, -0.05) is 20.8 Å². The molecule has 2 N–H and O–H groups in total. The van der Waals surface area contributed by atoms with Crippen LogP contribution in [0, 0.1) is 5.41 Å². The van der Waals surface area contributed by atoms with E-state index in [0.29, 0.717) is 18.4 Å². The van der Waals surface area contributed by atoms with E-state index in [9.17, 15) is 19.8 Å². The van der Waals surface area contributed by atoms with E-state index in [1.165, 1.54) is 0 Å². The summed E-state index contributed by atoms with van der Waals surface area (Å²) in [7, 11) is 0. The van der Waals surface area contributed by atoms with Crippen LogP contribution in [0.15, 0.2) is 22.4 Å². The molecule has 0 spiro atoms. The molecule has 1 saturated heterocycles. The van der Waals surface area contributed by atoms with Crippen molar-refractivity contribution in [1.29, 1.82) is 0 Å². The zero-order valence-electron chi connectivity index (χ0n) is 13.6. The number of carbonyl (C=O) groups is 2. The van der Waals surface area contributed by atoms with Gasteiger partial charge in [-0.05, 0) is 48.7 Å². The lowest BCUT2D eigenvalue weighted by atomic mass is 9.71. The molecule has 1 aliphatic heterocycles. The minimum absolute atomic E-state index is 0.123. The summed E-state index contributed by atoms with van der Waals surface area (Å²) < 4.78 is 0. The monoisotopic (exact) mass is 307 g/mol. The number of nitrogens with zero attached hydrogens (tertiary/aromatic N) is 1. The van der Waals surface area contributed by atoms with Crippen LogP contribution in [0.1, 0.15) is 52.9 Å². The number of carboxylic acid groups (broad SMARTS) is 2. The molecule has 122 valence electrons. The number of likely N-dealkylation sites (tertiary alicyclic amines) is 1. The Kier molecular flexibility index (Phi) is 4.63. The van der Waals surface area contributed by atoms with Gasteiger partial charge >= 0.3 is 11.9 Å². The third kappa shape index (κ3) is 3.18. The van der Waals surface area contributed by atoms with E-state index in [1.54, 1.807) is 0 Å². The average Bonchev–Trinajstić information content (AvgIpc) is 2.89. The molecule has 0 radical (unpaired) electrons. The van der Waals surface area contributed by atoms with Crippen molar-refractivity contribution in [3.63, 3.8) is 0 Å². The Bertz CT molecular complexity index is 535. The first-order chi connectivity index (χ1) is 10.3. The fourth-order valence-corrected chi connectivity index (χ4v) is 3.68. The van der Waals surface area contributed by atoms with Crippen molar-refractivity contribution in [2.24, 2.45) is 5.41 Å². The topological polar surface area (TPSA) is 77.8 Å². The Balaban J connectivity index is 2.64. The number of hydrogen-bond acceptors (Lipinski definition) is 3. The summed E-state index contributed by atoms with van der Waals surface area (Å²) in [5.74, 6) is -2.68. The summed E-state index contributed by atoms with van der Waals surface area (Å²) in [6, 6.07) is 0. The zero-order chi connectivity index (χ0) is 16.5. The summed E-state index contributed by atoms with van der Waals surface area (Å²) in [5, 5.41) is 18.7. The molecule has 2 aliphatic rings. The van der Waals surface area contributed by atoms with E-state index in [0.717, 1.165) is 43.6 Å². The first kappa shape index (κ1) is 16.6. The van der Waals surface area contributed by atoms with Crippen molar-refractivity contribution < 1.29 is 19.8 Å². The average molecular weight is 307 g/mol. The van der Waals surface area contributed by atoms with Gasteiger partial charge in [-0.3, -0.25) is 0 Å². The summed E-state index contributed by atoms with van der Waals surface area (Å²) in [5.41, 5.74) is 2.02. The van der Waals surface area contributed by atoms with E-state index in [-0.39, 0.29) is 5.41 Å². The molecule has 0 saturated carbocycles. The number of carboxylic acids is 2. The second-order valence-electron chi connectivity index (χ2n) is 6.95. The normalized spacial score (nSPS) is 21.2. The van der Waals surface area contributed by atoms with E-state index in [1.807, 2.05) is 6.92 Å². The Morgan fingerprint density at radius 2 is 1.64 bits per heavy atom. The maximum absolute atomic E-state index is 11.5. The molecular formula is C17H25NO4. The van der Waals surface area contributed by atoms with Gasteiger partial charge in [-0.15, -0.1) is 0 Å². The van der Waals surface area contributed by atoms with Crippen LogP contribution in [0.2, 0.25) is 0 Å². The van der Waals surface area contributed by atoms with Gasteiger partial charge in [0.1, 0.15) is 5.57 Å². The smallest absolute Gasteiger partial charge is 0.343 e. The molecule has 0 aromatic heterocycles. The fourth-order valence-electron chi connectivity index (χ4n) is 3.68. The van der Waals surface area contributed by atoms with Crippen LogP contribution in [0.4, 0.5) is 0 Å². The second kappa shape index (κ2) is 6.15. The van der Waals surface area contributed by atoms with Gasteiger partial charge in [0.05, 0.1) is 0 Å². The number of hydrogen-bond donors (Lipinski definition) is 2. The van der Waals surface area contributed by atoms with E-state index in [2.05, 4.69) is 18.7 Å². The van der Waals surface area contributed by atoms with Gasteiger partial charge in [-0.2, -0.15) is 0 Å². The lowest BCUT2D eigenvalue weighted by Gasteiger charge is -2.39. The Morgan fingerprint density at radius 1 is 1.09 bits per heavy atom. The van der Waals surface area contributed by atoms with Crippen molar-refractivity contribution in [3.05, 3.63) is 22.4 Å². The zero-order valence-corrected chi connectivity index (χ0v) is 13.6. The Morgan fingerprint density at radius 3 is 2.09 bits per heavy atom. The first-order valence-corrected chi connectivity index (χ1v) is 7.94. The SMILES string of the molecule is CCC1=C(N2CCCC2)CC(C)(C)CC1=C(C(=O)O)C(=O)O. The van der Waals surface area contributed by atoms with Crippen molar-refractivity contribution in [3.8, 4) is 0 Å². The minimum Gasteiger partial charge on any atom is -0.477 e. The highest BCUT2D eigenvalue weighted by atomic mass is 16.4. The van der Waals surface area contributed by atoms with Crippen LogP contribution in [-0.4, -0.2) is 40.1 Å². The van der Waals surface area contributed by atoms with Crippen LogP contribution in [0.25, 0.3) is 0 Å². The Hall–Kier alpha value is -1.78. The Labute approximate surface area is 131 Å². The first-order valence-electron chi connectivity index (χ1n) is 7.94. The summed E-state index contributed by atoms with van der Waals surface area (Å²) in [4.78, 5) is 25.3. The quantitative estimate of drug-likeness (QED) is 0.474. The largest absolute Gasteiger partial charge is 0.477 e. The molecule has 1 aliphatic carbocycles. The fraction of sp³-hybridized carbons (Fsp3) is 0.647. The van der Waals surface area contributed by atoms with Crippen LogP contribution < -0.4 is 0 Å². The maximum Gasteiger partial charge on any atom is 0.343 e. The van der Waals surface area contributed by atoms with Crippen LogP contribution in [0.5, 0.6) is 0 Å². The summed E-state index contributed by atoms with van der Waals surface area (Å²) >= 11 is 0. The highest BCUT2D eigenvalue weighted by molar-refractivity contribution is 6.13. The van der Waals surface area contributed by atoms with Gasteiger partial charge in [-0.25, -0.2) is 9.59 Å². The van der Waals surface area contributed by atoms with Crippen LogP contribution in [-0.2, 0) is 9.59 Å². The van der Waals surface area contributed by atoms with Gasteiger partial charge in [0.25, 0.3) is 0 Å². The van der Waals surface area contributed by atoms with Crippen molar-refractivity contribution in [2.45, 2.75) is 52.9 Å². The molecule has 0 atom stereocenters. The molecule has 1 heterocycles. The highest BCUT2D eigenvalue weighted by Crippen LogP contribution is 2.45. The lowest BCUT2D eigenvalue weighted by Crippen LogP contribution is -2.31. The maximum atomic E-state index is 11.5. The highest BCUT2D eigenvalue weighted by Gasteiger charge is 2.36. The molecule has 22 heavy (non-hydrogen) atoms. The number of allylic oxidation sites excluding steroid dienone is 3. The molecular weight excluding hydrogens is 282 g/mol. The van der Waals surface area contributed by atoms with E-state index in [4.69, 9.17) is 0 Å². The summed E-state index contributed by atoms with van der Waals surface area (Å²) in [6.45, 7) is 8.11. The number of aliphatic carboxylic acids is 2. The standard InChI is InChI=1S/C17H25NO4/c1-4-11-12(14(15(19)20)16(21)22)9-17(2,3)10-13(11)18-7-5-6-8-18/h4-10H2,1-3H3,(H,19,20)(H,21,22). The van der Waals surface area contributed by atoms with Gasteiger partial charge in [0, 0.05) is 18.8 Å². The second-order valence-corrected chi connectivity index (χ2v) is 6.95.